The fraction of sp³-hybridized carbons (Fsp3) is 0.278. The van der Waals surface area contributed by atoms with E-state index in [0.29, 0.717) is 11.3 Å². The van der Waals surface area contributed by atoms with E-state index >= 15 is 0 Å². The predicted molar refractivity (Wildman–Crippen MR) is 89.9 cm³/mol. The minimum Gasteiger partial charge on any atom is -0.496 e. The van der Waals surface area contributed by atoms with Gasteiger partial charge >= 0.3 is 0 Å². The third kappa shape index (κ3) is 3.46. The van der Waals surface area contributed by atoms with Crippen molar-refractivity contribution in [2.24, 2.45) is 4.99 Å². The van der Waals surface area contributed by atoms with Gasteiger partial charge in [0.05, 0.1) is 19.1 Å². The lowest BCUT2D eigenvalue weighted by Crippen LogP contribution is -2.23. The molecule has 0 aromatic heterocycles. The Morgan fingerprint density at radius 3 is 2.41 bits per heavy atom. The second-order valence-corrected chi connectivity index (χ2v) is 5.53. The number of benzene rings is 2. The molecule has 2 aromatic carbocycles. The van der Waals surface area contributed by atoms with Gasteiger partial charge in [-0.3, -0.25) is 0 Å². The molecule has 0 aliphatic heterocycles. The molecule has 0 fully saturated rings. The number of methoxy groups -OCH3 is 1. The molecule has 0 aliphatic carbocycles. The largest absolute Gasteiger partial charge is 0.496 e. The van der Waals surface area contributed by atoms with Crippen LogP contribution < -0.4 is 4.74 Å². The average molecular weight is 298 g/mol. The monoisotopic (exact) mass is 298 g/mol. The fourth-order valence-corrected chi connectivity index (χ4v) is 2.26. The van der Waals surface area contributed by atoms with Crippen molar-refractivity contribution in [1.29, 1.82) is 0 Å². The first-order valence-corrected chi connectivity index (χ1v) is 7.12. The van der Waals surface area contributed by atoms with Crippen molar-refractivity contribution in [3.8, 4) is 5.75 Å². The molecule has 2 rings (SSSR count). The first-order chi connectivity index (χ1) is 10.4. The summed E-state index contributed by atoms with van der Waals surface area (Å²) < 4.78 is 5.45. The van der Waals surface area contributed by atoms with Gasteiger partial charge in [-0.15, -0.1) is 0 Å². The smallest absolute Gasteiger partial charge is 0.127 e. The molecule has 1 N–H and O–H groups in total. The highest BCUT2D eigenvalue weighted by Crippen LogP contribution is 2.37. The van der Waals surface area contributed by atoms with Gasteiger partial charge in [0, 0.05) is 25.7 Å². The Balaban J connectivity index is 2.43. The second-order valence-electron chi connectivity index (χ2n) is 5.53. The molecule has 4 nitrogen and oxygen atoms in total. The van der Waals surface area contributed by atoms with Gasteiger partial charge in [0.1, 0.15) is 11.4 Å². The van der Waals surface area contributed by atoms with Crippen molar-refractivity contribution in [3.63, 3.8) is 0 Å². The van der Waals surface area contributed by atoms with Crippen molar-refractivity contribution in [2.75, 3.05) is 21.2 Å². The van der Waals surface area contributed by atoms with Gasteiger partial charge in [-0.2, -0.15) is 0 Å². The van der Waals surface area contributed by atoms with Gasteiger partial charge in [0.2, 0.25) is 0 Å². The Labute approximate surface area is 131 Å². The van der Waals surface area contributed by atoms with E-state index < -0.39 is 5.60 Å². The summed E-state index contributed by atoms with van der Waals surface area (Å²) in [5.74, 6) is 0.613. The standard InChI is InChI=1S/C18H22N2O2/c1-18(21,14-8-6-5-7-9-14)16-11-10-15(12-17(16)22-4)19-13-20(2)3/h5-13,21H,1-4H3/b19-13+. The van der Waals surface area contributed by atoms with Crippen LogP contribution in [0.2, 0.25) is 0 Å². The van der Waals surface area contributed by atoms with Crippen molar-refractivity contribution in [1.82, 2.24) is 4.90 Å². The van der Waals surface area contributed by atoms with E-state index in [0.717, 1.165) is 11.3 Å². The number of nitrogens with zero attached hydrogens (tertiary/aromatic N) is 2. The summed E-state index contributed by atoms with van der Waals surface area (Å²) in [5, 5.41) is 11.0. The Morgan fingerprint density at radius 1 is 1.14 bits per heavy atom. The second kappa shape index (κ2) is 6.62. The number of hydrogen-bond acceptors (Lipinski definition) is 3. The van der Waals surface area contributed by atoms with E-state index in [2.05, 4.69) is 4.99 Å². The van der Waals surface area contributed by atoms with E-state index in [9.17, 15) is 5.11 Å². The topological polar surface area (TPSA) is 45.1 Å². The summed E-state index contributed by atoms with van der Waals surface area (Å²) in [6.45, 7) is 1.77. The van der Waals surface area contributed by atoms with Gasteiger partial charge in [-0.05, 0) is 24.6 Å². The SMILES string of the molecule is COc1cc(/N=C/N(C)C)ccc1C(C)(O)c1ccccc1. The number of hydrogen-bond donors (Lipinski definition) is 1. The Hall–Kier alpha value is -2.33. The molecule has 1 unspecified atom stereocenters. The molecule has 0 saturated heterocycles. The van der Waals surface area contributed by atoms with Gasteiger partial charge in [-0.25, -0.2) is 4.99 Å². The number of ether oxygens (including phenoxy) is 1. The van der Waals surface area contributed by atoms with Crippen molar-refractivity contribution < 1.29 is 9.84 Å². The zero-order valence-electron chi connectivity index (χ0n) is 13.4. The third-order valence-corrected chi connectivity index (χ3v) is 3.48. The first kappa shape index (κ1) is 16.0. The molecule has 0 aliphatic rings. The minimum absolute atomic E-state index is 0.613. The zero-order valence-corrected chi connectivity index (χ0v) is 13.4. The van der Waals surface area contributed by atoms with Crippen LogP contribution in [0.1, 0.15) is 18.1 Å². The van der Waals surface area contributed by atoms with Gasteiger partial charge in [-0.1, -0.05) is 30.3 Å². The summed E-state index contributed by atoms with van der Waals surface area (Å²) >= 11 is 0. The van der Waals surface area contributed by atoms with Crippen molar-refractivity contribution in [3.05, 3.63) is 59.7 Å². The van der Waals surface area contributed by atoms with Crippen LogP contribution in [0, 0.1) is 0 Å². The van der Waals surface area contributed by atoms with Gasteiger partial charge < -0.3 is 14.7 Å². The molecule has 4 heteroatoms. The van der Waals surface area contributed by atoms with E-state index in [-0.39, 0.29) is 0 Å². The molecular formula is C18H22N2O2. The number of rotatable bonds is 5. The Morgan fingerprint density at radius 2 is 1.82 bits per heavy atom. The molecule has 0 saturated carbocycles. The van der Waals surface area contributed by atoms with Crippen LogP contribution in [-0.2, 0) is 5.60 Å². The summed E-state index contributed by atoms with van der Waals surface area (Å²) in [4.78, 5) is 6.21. The third-order valence-electron chi connectivity index (χ3n) is 3.48. The van der Waals surface area contributed by atoms with Crippen LogP contribution in [0.15, 0.2) is 53.5 Å². The lowest BCUT2D eigenvalue weighted by molar-refractivity contribution is 0.0990. The maximum absolute atomic E-state index is 11.0. The predicted octanol–water partition coefficient (Wildman–Crippen LogP) is 3.17. The van der Waals surface area contributed by atoms with Crippen LogP contribution in [0.3, 0.4) is 0 Å². The van der Waals surface area contributed by atoms with Crippen molar-refractivity contribution >= 4 is 12.0 Å². The molecular weight excluding hydrogens is 276 g/mol. The molecule has 0 spiro atoms. The summed E-state index contributed by atoms with van der Waals surface area (Å²) in [5.41, 5.74) is 1.18. The summed E-state index contributed by atoms with van der Waals surface area (Å²) in [7, 11) is 5.42. The molecule has 116 valence electrons. The maximum atomic E-state index is 11.0. The molecule has 0 amide bonds. The summed E-state index contributed by atoms with van der Waals surface area (Å²) in [6, 6.07) is 15.1. The van der Waals surface area contributed by atoms with E-state index in [1.807, 2.05) is 67.5 Å². The molecule has 22 heavy (non-hydrogen) atoms. The Bertz CT molecular complexity index is 649. The highest BCUT2D eigenvalue weighted by atomic mass is 16.5. The van der Waals surface area contributed by atoms with Gasteiger partial charge in [0.25, 0.3) is 0 Å². The van der Waals surface area contributed by atoms with Crippen LogP contribution >= 0.6 is 0 Å². The summed E-state index contributed by atoms with van der Waals surface area (Å²) in [6.07, 6.45) is 1.73. The molecule has 1 atom stereocenters. The maximum Gasteiger partial charge on any atom is 0.127 e. The normalized spacial score (nSPS) is 13.9. The molecule has 0 radical (unpaired) electrons. The number of aliphatic hydroxyl groups is 1. The van der Waals surface area contributed by atoms with Crippen LogP contribution in [-0.4, -0.2) is 37.6 Å². The van der Waals surface area contributed by atoms with Crippen LogP contribution in [0.5, 0.6) is 5.75 Å². The van der Waals surface area contributed by atoms with E-state index in [1.54, 1.807) is 20.4 Å². The lowest BCUT2D eigenvalue weighted by atomic mass is 9.87. The highest BCUT2D eigenvalue weighted by Gasteiger charge is 2.28. The number of aliphatic imine (C=N–C) groups is 1. The van der Waals surface area contributed by atoms with Crippen LogP contribution in [0.25, 0.3) is 0 Å². The first-order valence-electron chi connectivity index (χ1n) is 7.12. The highest BCUT2D eigenvalue weighted by molar-refractivity contribution is 5.62. The molecule has 2 aromatic rings. The average Bonchev–Trinajstić information content (AvgIpc) is 2.53. The lowest BCUT2D eigenvalue weighted by Gasteiger charge is -2.26. The van der Waals surface area contributed by atoms with Crippen molar-refractivity contribution in [2.45, 2.75) is 12.5 Å². The minimum atomic E-state index is -1.13. The van der Waals surface area contributed by atoms with E-state index in [1.165, 1.54) is 0 Å². The quantitative estimate of drug-likeness (QED) is 0.681. The van der Waals surface area contributed by atoms with Crippen LogP contribution in [0.4, 0.5) is 5.69 Å². The zero-order chi connectivity index (χ0) is 16.2. The molecule has 0 heterocycles. The van der Waals surface area contributed by atoms with E-state index in [4.69, 9.17) is 4.74 Å². The molecule has 0 bridgehead atoms. The Kier molecular flexibility index (Phi) is 4.83. The fourth-order valence-electron chi connectivity index (χ4n) is 2.26. The van der Waals surface area contributed by atoms with Gasteiger partial charge in [0.15, 0.2) is 0 Å².